The Hall–Kier alpha value is -3.66. The quantitative estimate of drug-likeness (QED) is 0.487. The molecule has 4 rings (SSSR count). The zero-order chi connectivity index (χ0) is 21.8. The maximum atomic E-state index is 13.1. The van der Waals surface area contributed by atoms with Gasteiger partial charge in [-0.15, -0.1) is 0 Å². The molecule has 0 radical (unpaired) electrons. The van der Waals surface area contributed by atoms with Gasteiger partial charge in [0.2, 0.25) is 5.91 Å². The molecule has 0 aliphatic carbocycles. The number of hydrogen-bond donors (Lipinski definition) is 2. The molecule has 0 spiro atoms. The van der Waals surface area contributed by atoms with Gasteiger partial charge in [-0.25, -0.2) is 0 Å². The summed E-state index contributed by atoms with van der Waals surface area (Å²) < 4.78 is 0. The van der Waals surface area contributed by atoms with Crippen molar-refractivity contribution in [2.24, 2.45) is 0 Å². The molecule has 0 saturated carbocycles. The van der Waals surface area contributed by atoms with Gasteiger partial charge >= 0.3 is 0 Å². The molecule has 3 aromatic carbocycles. The van der Waals surface area contributed by atoms with Gasteiger partial charge in [-0.1, -0.05) is 72.8 Å². The lowest BCUT2D eigenvalue weighted by molar-refractivity contribution is -0.121. The van der Waals surface area contributed by atoms with Crippen LogP contribution in [0.15, 0.2) is 83.7 Å². The van der Waals surface area contributed by atoms with E-state index in [1.165, 1.54) is 0 Å². The Morgan fingerprint density at radius 1 is 0.903 bits per heavy atom. The fourth-order valence-electron chi connectivity index (χ4n) is 3.96. The average molecular weight is 411 g/mol. The summed E-state index contributed by atoms with van der Waals surface area (Å²) in [4.78, 5) is 28.7. The first kappa shape index (κ1) is 20.6. The fraction of sp³-hybridized carbons (Fsp3) is 0.185. The van der Waals surface area contributed by atoms with Crippen molar-refractivity contribution < 1.29 is 4.79 Å². The number of aromatic amines is 1. The van der Waals surface area contributed by atoms with Gasteiger partial charge in [0.15, 0.2) is 0 Å². The minimum absolute atomic E-state index is 0.0684. The summed E-state index contributed by atoms with van der Waals surface area (Å²) in [6.07, 6.45) is 0.472. The van der Waals surface area contributed by atoms with Crippen LogP contribution in [0.1, 0.15) is 33.7 Å². The number of fused-ring (bicyclic) bond motifs is 1. The normalized spacial score (nSPS) is 11.1. The molecule has 0 unspecified atom stereocenters. The molecule has 1 heterocycles. The minimum atomic E-state index is -0.386. The lowest BCUT2D eigenvalue weighted by Gasteiger charge is -2.18. The highest BCUT2D eigenvalue weighted by atomic mass is 16.2. The van der Waals surface area contributed by atoms with Gasteiger partial charge in [0.05, 0.1) is 11.4 Å². The molecule has 0 aliphatic rings. The molecule has 0 saturated heterocycles. The average Bonchev–Trinajstić information content (AvgIpc) is 2.79. The summed E-state index contributed by atoms with van der Waals surface area (Å²) in [7, 11) is 0. The molecular weight excluding hydrogens is 384 g/mol. The predicted octanol–water partition coefficient (Wildman–Crippen LogP) is 4.64. The van der Waals surface area contributed by atoms with E-state index in [4.69, 9.17) is 0 Å². The van der Waals surface area contributed by atoms with E-state index in [2.05, 4.69) is 16.4 Å². The largest absolute Gasteiger partial charge is 0.355 e. The van der Waals surface area contributed by atoms with Crippen molar-refractivity contribution in [2.45, 2.75) is 26.2 Å². The van der Waals surface area contributed by atoms with E-state index in [1.807, 2.05) is 86.6 Å². The van der Waals surface area contributed by atoms with E-state index in [9.17, 15) is 9.59 Å². The van der Waals surface area contributed by atoms with Crippen LogP contribution >= 0.6 is 0 Å². The maximum absolute atomic E-state index is 13.1. The third kappa shape index (κ3) is 4.43. The summed E-state index contributed by atoms with van der Waals surface area (Å²) in [5.74, 6) is -0.455. The van der Waals surface area contributed by atoms with Crippen LogP contribution in [0.3, 0.4) is 0 Å². The van der Waals surface area contributed by atoms with Crippen molar-refractivity contribution >= 4 is 16.8 Å². The van der Waals surface area contributed by atoms with E-state index in [-0.39, 0.29) is 17.4 Å². The van der Waals surface area contributed by atoms with Crippen molar-refractivity contribution in [3.8, 4) is 0 Å². The number of nitrogens with one attached hydrogen (secondary N) is 2. The molecule has 1 aromatic heterocycles. The third-order valence-electron chi connectivity index (χ3n) is 5.85. The molecule has 1 amide bonds. The molecule has 0 aliphatic heterocycles. The second-order valence-corrected chi connectivity index (χ2v) is 7.89. The Morgan fingerprint density at radius 3 is 2.13 bits per heavy atom. The Kier molecular flexibility index (Phi) is 5.99. The van der Waals surface area contributed by atoms with E-state index in [0.29, 0.717) is 18.5 Å². The van der Waals surface area contributed by atoms with Gasteiger partial charge in [0.25, 0.3) is 5.56 Å². The van der Waals surface area contributed by atoms with Crippen LogP contribution in [0.25, 0.3) is 10.9 Å². The van der Waals surface area contributed by atoms with Crippen molar-refractivity contribution in [3.63, 3.8) is 0 Å². The number of pyridine rings is 1. The zero-order valence-corrected chi connectivity index (χ0v) is 17.8. The van der Waals surface area contributed by atoms with Crippen LogP contribution in [0, 0.1) is 13.8 Å². The van der Waals surface area contributed by atoms with Gasteiger partial charge in [-0.05, 0) is 54.0 Å². The monoisotopic (exact) mass is 410 g/mol. The molecule has 4 aromatic rings. The first-order valence-electron chi connectivity index (χ1n) is 10.5. The summed E-state index contributed by atoms with van der Waals surface area (Å²) in [5, 5.41) is 4.04. The van der Waals surface area contributed by atoms with Gasteiger partial charge < -0.3 is 10.3 Å². The molecule has 4 nitrogen and oxygen atoms in total. The second-order valence-electron chi connectivity index (χ2n) is 7.89. The molecule has 2 N–H and O–H groups in total. The van der Waals surface area contributed by atoms with Crippen molar-refractivity contribution in [3.05, 3.63) is 117 Å². The number of rotatable bonds is 6. The Labute approximate surface area is 182 Å². The van der Waals surface area contributed by atoms with Crippen LogP contribution < -0.4 is 10.9 Å². The minimum Gasteiger partial charge on any atom is -0.355 e. The number of amides is 1. The van der Waals surface area contributed by atoms with E-state index in [1.54, 1.807) is 0 Å². The third-order valence-corrected chi connectivity index (χ3v) is 5.85. The summed E-state index contributed by atoms with van der Waals surface area (Å²) in [6.45, 7) is 4.45. The lowest BCUT2D eigenvalue weighted by atomic mass is 9.90. The fourth-order valence-corrected chi connectivity index (χ4v) is 3.96. The highest BCUT2D eigenvalue weighted by Crippen LogP contribution is 2.24. The molecule has 0 bridgehead atoms. The number of aryl methyl sites for hydroxylation is 2. The lowest BCUT2D eigenvalue weighted by Crippen LogP contribution is -2.32. The van der Waals surface area contributed by atoms with Crippen LogP contribution in [0.5, 0.6) is 0 Å². The van der Waals surface area contributed by atoms with Gasteiger partial charge in [-0.3, -0.25) is 9.59 Å². The SMILES string of the molecule is Cc1ccc2cc(CCNC(=O)C(c3ccccc3)c3ccccc3)c(=O)[nH]c2c1C. The van der Waals surface area contributed by atoms with Gasteiger partial charge in [0.1, 0.15) is 0 Å². The Bertz CT molecular complexity index is 1220. The number of H-pyrrole nitrogens is 1. The van der Waals surface area contributed by atoms with Gasteiger partial charge in [-0.2, -0.15) is 0 Å². The molecule has 31 heavy (non-hydrogen) atoms. The van der Waals surface area contributed by atoms with E-state index >= 15 is 0 Å². The van der Waals surface area contributed by atoms with E-state index in [0.717, 1.165) is 33.2 Å². The Balaban J connectivity index is 1.52. The highest BCUT2D eigenvalue weighted by molar-refractivity contribution is 5.87. The smallest absolute Gasteiger partial charge is 0.251 e. The van der Waals surface area contributed by atoms with Crippen LogP contribution in [0.4, 0.5) is 0 Å². The Morgan fingerprint density at radius 2 is 1.52 bits per heavy atom. The van der Waals surface area contributed by atoms with Gasteiger partial charge in [0, 0.05) is 12.1 Å². The van der Waals surface area contributed by atoms with Crippen molar-refractivity contribution in [1.29, 1.82) is 0 Å². The molecule has 156 valence electrons. The van der Waals surface area contributed by atoms with Crippen LogP contribution in [-0.2, 0) is 11.2 Å². The van der Waals surface area contributed by atoms with Crippen molar-refractivity contribution in [1.82, 2.24) is 10.3 Å². The first-order valence-corrected chi connectivity index (χ1v) is 10.5. The van der Waals surface area contributed by atoms with Crippen molar-refractivity contribution in [2.75, 3.05) is 6.54 Å². The molecular formula is C27H26N2O2. The topological polar surface area (TPSA) is 62.0 Å². The van der Waals surface area contributed by atoms with Crippen LogP contribution in [0.2, 0.25) is 0 Å². The maximum Gasteiger partial charge on any atom is 0.251 e. The summed E-state index contributed by atoms with van der Waals surface area (Å²) in [6, 6.07) is 25.5. The summed E-state index contributed by atoms with van der Waals surface area (Å²) in [5.41, 5.74) is 5.58. The second kappa shape index (κ2) is 9.00. The van der Waals surface area contributed by atoms with E-state index < -0.39 is 0 Å². The predicted molar refractivity (Wildman–Crippen MR) is 125 cm³/mol. The zero-order valence-electron chi connectivity index (χ0n) is 17.8. The number of aromatic nitrogens is 1. The number of benzene rings is 3. The summed E-state index contributed by atoms with van der Waals surface area (Å²) >= 11 is 0. The molecule has 0 atom stereocenters. The van der Waals surface area contributed by atoms with Crippen LogP contribution in [-0.4, -0.2) is 17.4 Å². The number of carbonyl (C=O) groups excluding carboxylic acids is 1. The number of carbonyl (C=O) groups is 1. The number of hydrogen-bond acceptors (Lipinski definition) is 2. The highest BCUT2D eigenvalue weighted by Gasteiger charge is 2.22. The molecule has 0 fully saturated rings. The molecule has 4 heteroatoms. The standard InChI is InChI=1S/C27H26N2O2/c1-18-13-14-22-17-23(26(30)29-25(22)19(18)2)15-16-28-27(31)24(20-9-5-3-6-10-20)21-11-7-4-8-12-21/h3-14,17,24H,15-16H2,1-2H3,(H,28,31)(H,29,30). The first-order chi connectivity index (χ1) is 15.0.